The van der Waals surface area contributed by atoms with Crippen molar-refractivity contribution >= 4 is 27.3 Å². The number of para-hydroxylation sites is 2. The average molecular weight is 510 g/mol. The van der Waals surface area contributed by atoms with Crippen LogP contribution in [0.2, 0.25) is 0 Å². The number of hydrogen-bond donors (Lipinski definition) is 2. The van der Waals surface area contributed by atoms with E-state index in [1.54, 1.807) is 12.1 Å². The van der Waals surface area contributed by atoms with Crippen LogP contribution in [0, 0.1) is 0 Å². The van der Waals surface area contributed by atoms with Crippen LogP contribution in [0.3, 0.4) is 0 Å². The van der Waals surface area contributed by atoms with E-state index in [0.29, 0.717) is 36.0 Å². The number of amides is 1. The second-order valence-electron chi connectivity index (χ2n) is 9.66. The molecule has 1 aliphatic heterocycles. The maximum Gasteiger partial charge on any atom is 0.259 e. The zero-order valence-electron chi connectivity index (χ0n) is 20.7. The van der Waals surface area contributed by atoms with E-state index in [1.807, 2.05) is 36.4 Å². The van der Waals surface area contributed by atoms with E-state index in [0.717, 1.165) is 24.3 Å². The number of carbonyl (C=O) groups excluding carboxylic acids is 1. The number of primary sulfonamides is 1. The van der Waals surface area contributed by atoms with Crippen molar-refractivity contribution in [2.45, 2.75) is 31.1 Å². The van der Waals surface area contributed by atoms with Gasteiger partial charge >= 0.3 is 0 Å². The molecule has 0 saturated carbocycles. The maximum absolute atomic E-state index is 13.3. The summed E-state index contributed by atoms with van der Waals surface area (Å²) in [5.41, 5.74) is 2.40. The van der Waals surface area contributed by atoms with Crippen LogP contribution in [0.1, 0.15) is 36.7 Å². The summed E-state index contributed by atoms with van der Waals surface area (Å²) < 4.78 is 35.3. The molecular formula is C27H31N3O5S. The zero-order chi connectivity index (χ0) is 25.9. The van der Waals surface area contributed by atoms with Crippen LogP contribution in [-0.4, -0.2) is 40.6 Å². The SMILES string of the molecule is CC(C)(C)c1ccc(C(=O)Nc2cccc(S(N)(=O)=O)c2)c(Oc2ccccc2N2CCOCC2)c1. The van der Waals surface area contributed by atoms with Crippen LogP contribution >= 0.6 is 0 Å². The van der Waals surface area contributed by atoms with Gasteiger partial charge in [-0.15, -0.1) is 0 Å². The van der Waals surface area contributed by atoms with E-state index >= 15 is 0 Å². The number of benzene rings is 3. The molecule has 3 aromatic carbocycles. The predicted octanol–water partition coefficient (Wildman–Crippen LogP) is 4.51. The molecule has 0 radical (unpaired) electrons. The summed E-state index contributed by atoms with van der Waals surface area (Å²) in [7, 11) is -3.90. The minimum atomic E-state index is -3.90. The molecule has 190 valence electrons. The smallest absolute Gasteiger partial charge is 0.259 e. The molecule has 1 amide bonds. The Hall–Kier alpha value is -3.40. The molecule has 1 fully saturated rings. The van der Waals surface area contributed by atoms with Crippen molar-refractivity contribution in [3.8, 4) is 11.5 Å². The van der Waals surface area contributed by atoms with Crippen molar-refractivity contribution in [3.05, 3.63) is 77.9 Å². The summed E-state index contributed by atoms with van der Waals surface area (Å²) in [5.74, 6) is 0.611. The lowest BCUT2D eigenvalue weighted by atomic mass is 9.86. The Morgan fingerprint density at radius 2 is 1.69 bits per heavy atom. The van der Waals surface area contributed by atoms with E-state index < -0.39 is 15.9 Å². The van der Waals surface area contributed by atoms with Crippen molar-refractivity contribution in [2.75, 3.05) is 36.5 Å². The summed E-state index contributed by atoms with van der Waals surface area (Å²) in [6, 6.07) is 19.1. The number of nitrogens with two attached hydrogens (primary N) is 1. The molecule has 1 aliphatic rings. The molecule has 36 heavy (non-hydrogen) atoms. The monoisotopic (exact) mass is 509 g/mol. The van der Waals surface area contributed by atoms with Gasteiger partial charge < -0.3 is 19.7 Å². The highest BCUT2D eigenvalue weighted by Crippen LogP contribution is 2.36. The number of morpholine rings is 1. The van der Waals surface area contributed by atoms with Crippen molar-refractivity contribution in [1.29, 1.82) is 0 Å². The first-order valence-corrected chi connectivity index (χ1v) is 13.3. The first kappa shape index (κ1) is 25.7. The van der Waals surface area contributed by atoms with Gasteiger partial charge in [0.25, 0.3) is 5.91 Å². The van der Waals surface area contributed by atoms with Gasteiger partial charge in [-0.25, -0.2) is 13.6 Å². The summed E-state index contributed by atoms with van der Waals surface area (Å²) >= 11 is 0. The number of ether oxygens (including phenoxy) is 2. The van der Waals surface area contributed by atoms with Crippen LogP contribution < -0.4 is 20.1 Å². The highest BCUT2D eigenvalue weighted by Gasteiger charge is 2.22. The highest BCUT2D eigenvalue weighted by atomic mass is 32.2. The Morgan fingerprint density at radius 3 is 2.39 bits per heavy atom. The van der Waals surface area contributed by atoms with Crippen LogP contribution in [0.15, 0.2) is 71.6 Å². The molecule has 4 rings (SSSR count). The second-order valence-corrected chi connectivity index (χ2v) is 11.2. The first-order chi connectivity index (χ1) is 17.0. The minimum Gasteiger partial charge on any atom is -0.454 e. The lowest BCUT2D eigenvalue weighted by Gasteiger charge is -2.30. The Balaban J connectivity index is 1.70. The molecule has 1 heterocycles. The van der Waals surface area contributed by atoms with Crippen LogP contribution in [0.4, 0.5) is 11.4 Å². The van der Waals surface area contributed by atoms with Gasteiger partial charge in [0, 0.05) is 18.8 Å². The van der Waals surface area contributed by atoms with Crippen LogP contribution in [-0.2, 0) is 20.2 Å². The van der Waals surface area contributed by atoms with E-state index in [2.05, 4.69) is 31.0 Å². The number of nitrogens with one attached hydrogen (secondary N) is 1. The second kappa shape index (κ2) is 10.3. The Morgan fingerprint density at radius 1 is 0.972 bits per heavy atom. The number of sulfonamides is 1. The molecule has 9 heteroatoms. The van der Waals surface area contributed by atoms with Gasteiger partial charge in [0.1, 0.15) is 5.75 Å². The minimum absolute atomic E-state index is 0.0840. The van der Waals surface area contributed by atoms with E-state index in [1.165, 1.54) is 18.2 Å². The molecule has 0 atom stereocenters. The summed E-state index contributed by atoms with van der Waals surface area (Å²) in [6.07, 6.45) is 0. The van der Waals surface area contributed by atoms with Crippen molar-refractivity contribution in [2.24, 2.45) is 5.14 Å². The number of hydrogen-bond acceptors (Lipinski definition) is 6. The topological polar surface area (TPSA) is 111 Å². The van der Waals surface area contributed by atoms with Gasteiger partial charge in [-0.1, -0.05) is 45.0 Å². The van der Waals surface area contributed by atoms with Gasteiger partial charge in [-0.2, -0.15) is 0 Å². The van der Waals surface area contributed by atoms with Crippen LogP contribution in [0.25, 0.3) is 0 Å². The van der Waals surface area contributed by atoms with Gasteiger partial charge in [0.05, 0.1) is 29.4 Å². The van der Waals surface area contributed by atoms with Gasteiger partial charge in [-0.05, 0) is 53.4 Å². The van der Waals surface area contributed by atoms with Crippen molar-refractivity contribution < 1.29 is 22.7 Å². The largest absolute Gasteiger partial charge is 0.454 e. The normalized spacial score (nSPS) is 14.4. The van der Waals surface area contributed by atoms with Gasteiger partial charge in [-0.3, -0.25) is 4.79 Å². The number of anilines is 2. The Kier molecular flexibility index (Phi) is 7.35. The zero-order valence-corrected chi connectivity index (χ0v) is 21.5. The molecule has 0 unspecified atom stereocenters. The standard InChI is InChI=1S/C27H31N3O5S/c1-27(2,3)19-11-12-22(26(31)29-20-7-6-8-21(18-20)36(28,32)33)25(17-19)35-24-10-5-4-9-23(24)30-13-15-34-16-14-30/h4-12,17-18H,13-16H2,1-3H3,(H,29,31)(H2,28,32,33). The predicted molar refractivity (Wildman–Crippen MR) is 140 cm³/mol. The first-order valence-electron chi connectivity index (χ1n) is 11.7. The maximum atomic E-state index is 13.3. The quantitative estimate of drug-likeness (QED) is 0.506. The van der Waals surface area contributed by atoms with E-state index in [-0.39, 0.29) is 10.3 Å². The Bertz CT molecular complexity index is 1360. The van der Waals surface area contributed by atoms with Crippen LogP contribution in [0.5, 0.6) is 11.5 Å². The number of nitrogens with zero attached hydrogens (tertiary/aromatic N) is 1. The molecule has 8 nitrogen and oxygen atoms in total. The van der Waals surface area contributed by atoms with Crippen molar-refractivity contribution in [3.63, 3.8) is 0 Å². The summed E-state index contributed by atoms with van der Waals surface area (Å²) in [5, 5.41) is 8.01. The number of rotatable bonds is 6. The lowest BCUT2D eigenvalue weighted by Crippen LogP contribution is -2.36. The summed E-state index contributed by atoms with van der Waals surface area (Å²) in [6.45, 7) is 9.04. The fraction of sp³-hybridized carbons (Fsp3) is 0.296. The molecule has 0 aromatic heterocycles. The third-order valence-electron chi connectivity index (χ3n) is 5.95. The summed E-state index contributed by atoms with van der Waals surface area (Å²) in [4.78, 5) is 15.5. The fourth-order valence-corrected chi connectivity index (χ4v) is 4.50. The van der Waals surface area contributed by atoms with Gasteiger partial charge in [0.2, 0.25) is 10.0 Å². The third kappa shape index (κ3) is 6.04. The molecule has 0 spiro atoms. The lowest BCUT2D eigenvalue weighted by molar-refractivity contribution is 0.102. The third-order valence-corrected chi connectivity index (χ3v) is 6.86. The highest BCUT2D eigenvalue weighted by molar-refractivity contribution is 7.89. The van der Waals surface area contributed by atoms with E-state index in [4.69, 9.17) is 14.6 Å². The molecule has 0 aliphatic carbocycles. The van der Waals surface area contributed by atoms with Crippen molar-refractivity contribution in [1.82, 2.24) is 0 Å². The molecule has 0 bridgehead atoms. The molecule has 1 saturated heterocycles. The van der Waals surface area contributed by atoms with E-state index in [9.17, 15) is 13.2 Å². The van der Waals surface area contributed by atoms with Gasteiger partial charge in [0.15, 0.2) is 5.75 Å². The fourth-order valence-electron chi connectivity index (χ4n) is 3.94. The molecular weight excluding hydrogens is 478 g/mol. The molecule has 3 aromatic rings. The average Bonchev–Trinajstić information content (AvgIpc) is 2.84. The number of carbonyl (C=O) groups is 1. The Labute approximate surface area is 212 Å². The molecule has 3 N–H and O–H groups in total.